The molecule has 4 nitrogen and oxygen atoms in total. The van der Waals surface area contributed by atoms with Gasteiger partial charge in [0.05, 0.1) is 6.61 Å². The molecule has 1 amide bonds. The minimum atomic E-state index is -0.441. The number of amides is 1. The molecule has 1 saturated carbocycles. The molecule has 0 spiro atoms. The highest BCUT2D eigenvalue weighted by molar-refractivity contribution is 5.78. The van der Waals surface area contributed by atoms with Crippen molar-refractivity contribution in [3.8, 4) is 5.75 Å². The van der Waals surface area contributed by atoms with E-state index in [1.54, 1.807) is 0 Å². The summed E-state index contributed by atoms with van der Waals surface area (Å²) in [5, 5.41) is 11.8. The van der Waals surface area contributed by atoms with Crippen LogP contribution in [-0.2, 0) is 11.4 Å². The molecular weight excluding hydrogens is 225 g/mol. The van der Waals surface area contributed by atoms with Crippen LogP contribution in [0.15, 0.2) is 18.2 Å². The number of hydrogen-bond acceptors (Lipinski definition) is 3. The first-order valence-corrected chi connectivity index (χ1v) is 5.50. The third-order valence-corrected chi connectivity index (χ3v) is 2.49. The second-order valence-electron chi connectivity index (χ2n) is 4.04. The fourth-order valence-electron chi connectivity index (χ4n) is 1.45. The second kappa shape index (κ2) is 5.14. The smallest absolute Gasteiger partial charge is 0.258 e. The van der Waals surface area contributed by atoms with E-state index in [4.69, 9.17) is 9.84 Å². The Labute approximate surface area is 98.4 Å². The summed E-state index contributed by atoms with van der Waals surface area (Å²) in [6, 6.07) is 4.11. The fourth-order valence-corrected chi connectivity index (χ4v) is 1.45. The highest BCUT2D eigenvalue weighted by Gasteiger charge is 2.23. The molecule has 1 aromatic rings. The molecule has 0 unspecified atom stereocenters. The first-order chi connectivity index (χ1) is 8.19. The Morgan fingerprint density at radius 3 is 2.94 bits per heavy atom. The average Bonchev–Trinajstić information content (AvgIpc) is 3.11. The second-order valence-corrected chi connectivity index (χ2v) is 4.04. The van der Waals surface area contributed by atoms with Crippen molar-refractivity contribution in [3.05, 3.63) is 29.6 Å². The first-order valence-electron chi connectivity index (χ1n) is 5.50. The number of rotatable bonds is 5. The zero-order valence-electron chi connectivity index (χ0n) is 9.28. The van der Waals surface area contributed by atoms with Crippen LogP contribution >= 0.6 is 0 Å². The van der Waals surface area contributed by atoms with Gasteiger partial charge < -0.3 is 15.2 Å². The normalized spacial score (nSPS) is 14.5. The molecule has 0 bridgehead atoms. The largest absolute Gasteiger partial charge is 0.483 e. The van der Waals surface area contributed by atoms with Gasteiger partial charge in [0.2, 0.25) is 0 Å². The van der Waals surface area contributed by atoms with Gasteiger partial charge in [-0.05, 0) is 31.0 Å². The van der Waals surface area contributed by atoms with Crippen LogP contribution in [0.3, 0.4) is 0 Å². The van der Waals surface area contributed by atoms with Crippen molar-refractivity contribution in [2.24, 2.45) is 0 Å². The number of carbonyl (C=O) groups is 1. The summed E-state index contributed by atoms with van der Waals surface area (Å²) < 4.78 is 18.1. The molecule has 0 saturated heterocycles. The van der Waals surface area contributed by atoms with Crippen molar-refractivity contribution in [2.75, 3.05) is 6.61 Å². The number of aliphatic hydroxyl groups excluding tert-OH is 1. The van der Waals surface area contributed by atoms with E-state index in [0.717, 1.165) is 12.8 Å². The number of nitrogens with one attached hydrogen (secondary N) is 1. The monoisotopic (exact) mass is 239 g/mol. The summed E-state index contributed by atoms with van der Waals surface area (Å²) in [5.74, 6) is -0.301. The molecule has 5 heteroatoms. The molecule has 17 heavy (non-hydrogen) atoms. The van der Waals surface area contributed by atoms with Crippen LogP contribution in [0.25, 0.3) is 0 Å². The van der Waals surface area contributed by atoms with Crippen LogP contribution in [0.1, 0.15) is 18.4 Å². The molecule has 1 aliphatic rings. The van der Waals surface area contributed by atoms with E-state index in [9.17, 15) is 9.18 Å². The zero-order valence-corrected chi connectivity index (χ0v) is 9.28. The van der Waals surface area contributed by atoms with Gasteiger partial charge in [-0.1, -0.05) is 0 Å². The standard InChI is InChI=1S/C12H14FNO3/c13-9-1-4-11(8(5-9)6-15)17-7-12(16)14-10-2-3-10/h1,4-5,10,15H,2-3,6-7H2,(H,14,16). The Balaban J connectivity index is 1.90. The minimum Gasteiger partial charge on any atom is -0.483 e. The van der Waals surface area contributed by atoms with Crippen LogP contribution in [-0.4, -0.2) is 23.7 Å². The number of benzene rings is 1. The van der Waals surface area contributed by atoms with E-state index in [0.29, 0.717) is 11.3 Å². The molecular formula is C12H14FNO3. The first kappa shape index (κ1) is 11.9. The summed E-state index contributed by atoms with van der Waals surface area (Å²) in [5.41, 5.74) is 0.337. The van der Waals surface area contributed by atoms with E-state index >= 15 is 0 Å². The van der Waals surface area contributed by atoms with Crippen LogP contribution < -0.4 is 10.1 Å². The molecule has 0 atom stereocenters. The predicted octanol–water partition coefficient (Wildman–Crippen LogP) is 0.975. The molecule has 0 heterocycles. The predicted molar refractivity (Wildman–Crippen MR) is 59.0 cm³/mol. The maximum absolute atomic E-state index is 12.9. The van der Waals surface area contributed by atoms with E-state index in [-0.39, 0.29) is 25.2 Å². The lowest BCUT2D eigenvalue weighted by atomic mass is 10.2. The lowest BCUT2D eigenvalue weighted by Crippen LogP contribution is -2.30. The van der Waals surface area contributed by atoms with E-state index in [1.807, 2.05) is 0 Å². The molecule has 0 radical (unpaired) electrons. The topological polar surface area (TPSA) is 58.6 Å². The summed E-state index contributed by atoms with van der Waals surface area (Å²) in [6.45, 7) is -0.438. The van der Waals surface area contributed by atoms with Gasteiger partial charge in [0.25, 0.3) is 5.91 Å². The van der Waals surface area contributed by atoms with E-state index in [1.165, 1.54) is 18.2 Å². The van der Waals surface area contributed by atoms with Gasteiger partial charge in [0.15, 0.2) is 6.61 Å². The van der Waals surface area contributed by atoms with Crippen LogP contribution in [0, 0.1) is 5.82 Å². The highest BCUT2D eigenvalue weighted by atomic mass is 19.1. The van der Waals surface area contributed by atoms with Gasteiger partial charge >= 0.3 is 0 Å². The lowest BCUT2D eigenvalue weighted by Gasteiger charge is -2.10. The van der Waals surface area contributed by atoms with Gasteiger partial charge in [-0.25, -0.2) is 4.39 Å². The fraction of sp³-hybridized carbons (Fsp3) is 0.417. The Morgan fingerprint density at radius 1 is 1.53 bits per heavy atom. The van der Waals surface area contributed by atoms with E-state index < -0.39 is 5.82 Å². The Bertz CT molecular complexity index is 418. The summed E-state index contributed by atoms with van der Waals surface area (Å²) in [7, 11) is 0. The summed E-state index contributed by atoms with van der Waals surface area (Å²) in [6.07, 6.45) is 2.04. The third-order valence-electron chi connectivity index (χ3n) is 2.49. The van der Waals surface area contributed by atoms with Crippen molar-refractivity contribution in [1.82, 2.24) is 5.32 Å². The quantitative estimate of drug-likeness (QED) is 0.805. The molecule has 1 fully saturated rings. The van der Waals surface area contributed by atoms with Crippen LogP contribution in [0.2, 0.25) is 0 Å². The Kier molecular flexibility index (Phi) is 3.58. The molecule has 0 aliphatic heterocycles. The Morgan fingerprint density at radius 2 is 2.29 bits per heavy atom. The molecule has 92 valence electrons. The van der Waals surface area contributed by atoms with Gasteiger partial charge in [0, 0.05) is 11.6 Å². The van der Waals surface area contributed by atoms with Gasteiger partial charge in [-0.15, -0.1) is 0 Å². The van der Waals surface area contributed by atoms with Crippen molar-refractivity contribution < 1.29 is 19.0 Å². The van der Waals surface area contributed by atoms with Crippen LogP contribution in [0.5, 0.6) is 5.75 Å². The van der Waals surface area contributed by atoms with Crippen molar-refractivity contribution in [1.29, 1.82) is 0 Å². The third kappa shape index (κ3) is 3.42. The van der Waals surface area contributed by atoms with Gasteiger partial charge in [-0.3, -0.25) is 4.79 Å². The van der Waals surface area contributed by atoms with Gasteiger partial charge in [0.1, 0.15) is 11.6 Å². The summed E-state index contributed by atoms with van der Waals surface area (Å²) >= 11 is 0. The van der Waals surface area contributed by atoms with Crippen molar-refractivity contribution in [2.45, 2.75) is 25.5 Å². The molecule has 1 aliphatic carbocycles. The maximum atomic E-state index is 12.9. The SMILES string of the molecule is O=C(COc1ccc(F)cc1CO)NC1CC1. The molecule has 2 N–H and O–H groups in total. The number of ether oxygens (including phenoxy) is 1. The Hall–Kier alpha value is -1.62. The number of hydrogen-bond donors (Lipinski definition) is 2. The molecule has 1 aromatic carbocycles. The lowest BCUT2D eigenvalue weighted by molar-refractivity contribution is -0.123. The van der Waals surface area contributed by atoms with Crippen molar-refractivity contribution >= 4 is 5.91 Å². The van der Waals surface area contributed by atoms with Gasteiger partial charge in [-0.2, -0.15) is 0 Å². The molecule has 0 aromatic heterocycles. The maximum Gasteiger partial charge on any atom is 0.258 e. The number of halogens is 1. The van der Waals surface area contributed by atoms with E-state index in [2.05, 4.69) is 5.32 Å². The van der Waals surface area contributed by atoms with Crippen LogP contribution in [0.4, 0.5) is 4.39 Å². The highest BCUT2D eigenvalue weighted by Crippen LogP contribution is 2.20. The minimum absolute atomic E-state index is 0.116. The number of carbonyl (C=O) groups excluding carboxylic acids is 1. The van der Waals surface area contributed by atoms with Crippen molar-refractivity contribution in [3.63, 3.8) is 0 Å². The zero-order chi connectivity index (χ0) is 12.3. The summed E-state index contributed by atoms with van der Waals surface area (Å²) in [4.78, 5) is 11.4. The molecule has 2 rings (SSSR count). The average molecular weight is 239 g/mol. The number of aliphatic hydroxyl groups is 1.